The van der Waals surface area contributed by atoms with Gasteiger partial charge in [0.15, 0.2) is 5.82 Å². The Kier molecular flexibility index (Phi) is 5.56. The summed E-state index contributed by atoms with van der Waals surface area (Å²) >= 11 is 1.37. The Labute approximate surface area is 147 Å². The number of hydrogen-bond donors (Lipinski definition) is 2. The van der Waals surface area contributed by atoms with Gasteiger partial charge in [-0.25, -0.2) is 4.98 Å². The van der Waals surface area contributed by atoms with Crippen molar-refractivity contribution in [1.82, 2.24) is 20.5 Å². The number of amides is 1. The van der Waals surface area contributed by atoms with Crippen molar-refractivity contribution in [2.45, 2.75) is 44.3 Å². The second-order valence-electron chi connectivity index (χ2n) is 6.56. The number of aromatic nitrogens is 3. The van der Waals surface area contributed by atoms with Crippen molar-refractivity contribution in [1.29, 1.82) is 0 Å². The molecular formula is C18H24N4OS. The summed E-state index contributed by atoms with van der Waals surface area (Å²) in [4.78, 5) is 16.7. The number of thioether (sulfide) groups is 1. The van der Waals surface area contributed by atoms with Crippen LogP contribution in [-0.2, 0) is 4.79 Å². The van der Waals surface area contributed by atoms with Gasteiger partial charge in [-0.3, -0.25) is 9.89 Å². The van der Waals surface area contributed by atoms with Crippen LogP contribution in [0.15, 0.2) is 35.5 Å². The van der Waals surface area contributed by atoms with E-state index in [1.165, 1.54) is 24.6 Å². The molecule has 1 aliphatic rings. The number of H-pyrrole nitrogens is 1. The molecule has 0 spiro atoms. The van der Waals surface area contributed by atoms with E-state index < -0.39 is 0 Å². The molecule has 3 unspecified atom stereocenters. The third-order valence-electron chi connectivity index (χ3n) is 4.90. The third kappa shape index (κ3) is 4.17. The molecule has 0 radical (unpaired) electrons. The Morgan fingerprint density at radius 3 is 2.88 bits per heavy atom. The predicted octanol–water partition coefficient (Wildman–Crippen LogP) is 3.50. The van der Waals surface area contributed by atoms with Crippen molar-refractivity contribution in [3.05, 3.63) is 30.3 Å². The van der Waals surface area contributed by atoms with Crippen LogP contribution in [0.5, 0.6) is 0 Å². The van der Waals surface area contributed by atoms with Crippen molar-refractivity contribution in [2.24, 2.45) is 11.8 Å². The van der Waals surface area contributed by atoms with Gasteiger partial charge in [-0.15, -0.1) is 5.10 Å². The Bertz CT molecular complexity index is 673. The van der Waals surface area contributed by atoms with Gasteiger partial charge in [0.2, 0.25) is 11.1 Å². The zero-order chi connectivity index (χ0) is 16.9. The average molecular weight is 344 g/mol. The van der Waals surface area contributed by atoms with Gasteiger partial charge in [-0.1, -0.05) is 68.8 Å². The molecule has 1 aromatic heterocycles. The molecule has 2 N–H and O–H groups in total. The number of carbonyl (C=O) groups excluding carboxylic acids is 1. The van der Waals surface area contributed by atoms with Crippen LogP contribution >= 0.6 is 11.8 Å². The molecule has 1 heterocycles. The van der Waals surface area contributed by atoms with Crippen LogP contribution in [0.25, 0.3) is 11.4 Å². The maximum absolute atomic E-state index is 12.2. The predicted molar refractivity (Wildman–Crippen MR) is 96.7 cm³/mol. The second kappa shape index (κ2) is 7.83. The molecule has 0 bridgehead atoms. The highest BCUT2D eigenvalue weighted by molar-refractivity contribution is 7.99. The normalized spacial score (nSPS) is 23.8. The monoisotopic (exact) mass is 344 g/mol. The number of benzene rings is 1. The van der Waals surface area contributed by atoms with Crippen LogP contribution in [0.4, 0.5) is 0 Å². The number of hydrogen-bond acceptors (Lipinski definition) is 4. The summed E-state index contributed by atoms with van der Waals surface area (Å²) in [5, 5.41) is 10.9. The van der Waals surface area contributed by atoms with Gasteiger partial charge in [0.05, 0.1) is 5.75 Å². The number of aromatic amines is 1. The molecule has 0 aliphatic heterocycles. The molecule has 128 valence electrons. The molecule has 3 rings (SSSR count). The first-order chi connectivity index (χ1) is 11.6. The fourth-order valence-electron chi connectivity index (χ4n) is 3.20. The van der Waals surface area contributed by atoms with Gasteiger partial charge in [0, 0.05) is 11.6 Å². The smallest absolute Gasteiger partial charge is 0.230 e. The minimum Gasteiger partial charge on any atom is -0.352 e. The highest BCUT2D eigenvalue weighted by Gasteiger charge is 2.28. The summed E-state index contributed by atoms with van der Waals surface area (Å²) in [6, 6.07) is 10.1. The topological polar surface area (TPSA) is 70.7 Å². The molecular weight excluding hydrogens is 320 g/mol. The quantitative estimate of drug-likeness (QED) is 0.814. The summed E-state index contributed by atoms with van der Waals surface area (Å²) in [7, 11) is 0. The Morgan fingerprint density at radius 1 is 1.29 bits per heavy atom. The number of nitrogens with one attached hydrogen (secondary N) is 2. The van der Waals surface area contributed by atoms with E-state index in [0.717, 1.165) is 17.8 Å². The summed E-state index contributed by atoms with van der Waals surface area (Å²) in [5.74, 6) is 2.37. The van der Waals surface area contributed by atoms with Crippen LogP contribution in [-0.4, -0.2) is 32.9 Å². The van der Waals surface area contributed by atoms with E-state index in [1.54, 1.807) is 0 Å². The molecule has 1 aromatic carbocycles. The van der Waals surface area contributed by atoms with Gasteiger partial charge < -0.3 is 5.32 Å². The van der Waals surface area contributed by atoms with E-state index in [4.69, 9.17) is 0 Å². The molecule has 2 aromatic rings. The van der Waals surface area contributed by atoms with E-state index in [1.807, 2.05) is 30.3 Å². The summed E-state index contributed by atoms with van der Waals surface area (Å²) < 4.78 is 0. The van der Waals surface area contributed by atoms with E-state index in [2.05, 4.69) is 34.3 Å². The largest absolute Gasteiger partial charge is 0.352 e. The van der Waals surface area contributed by atoms with Gasteiger partial charge in [0.1, 0.15) is 0 Å². The zero-order valence-electron chi connectivity index (χ0n) is 14.2. The summed E-state index contributed by atoms with van der Waals surface area (Å²) in [6.07, 6.45) is 3.55. The van der Waals surface area contributed by atoms with Gasteiger partial charge in [-0.2, -0.15) is 0 Å². The maximum atomic E-state index is 12.2. The number of carbonyl (C=O) groups is 1. The Hall–Kier alpha value is -1.82. The second-order valence-corrected chi connectivity index (χ2v) is 7.51. The average Bonchev–Trinajstić information content (AvgIpc) is 3.07. The first kappa shape index (κ1) is 17.0. The van der Waals surface area contributed by atoms with Crippen molar-refractivity contribution in [3.63, 3.8) is 0 Å². The maximum Gasteiger partial charge on any atom is 0.230 e. The lowest BCUT2D eigenvalue weighted by Crippen LogP contribution is -2.44. The minimum atomic E-state index is 0.0667. The first-order valence-corrected chi connectivity index (χ1v) is 9.52. The van der Waals surface area contributed by atoms with Crippen LogP contribution in [0.3, 0.4) is 0 Å². The van der Waals surface area contributed by atoms with Crippen LogP contribution in [0, 0.1) is 11.8 Å². The van der Waals surface area contributed by atoms with Gasteiger partial charge in [-0.05, 0) is 18.3 Å². The third-order valence-corrected chi connectivity index (χ3v) is 5.75. The van der Waals surface area contributed by atoms with Gasteiger partial charge >= 0.3 is 0 Å². The Morgan fingerprint density at radius 2 is 2.08 bits per heavy atom. The standard InChI is InChI=1S/C18H24N4OS/c1-12-7-6-10-15(13(12)2)19-16(23)11-24-18-20-17(21-22-18)14-8-4-3-5-9-14/h3-5,8-9,12-13,15H,6-7,10-11H2,1-2H3,(H,19,23)(H,20,21,22). The minimum absolute atomic E-state index is 0.0667. The van der Waals surface area contributed by atoms with Crippen molar-refractivity contribution >= 4 is 17.7 Å². The molecule has 24 heavy (non-hydrogen) atoms. The van der Waals surface area contributed by atoms with Gasteiger partial charge in [0.25, 0.3) is 0 Å². The molecule has 0 saturated heterocycles. The van der Waals surface area contributed by atoms with E-state index in [0.29, 0.717) is 28.8 Å². The van der Waals surface area contributed by atoms with Crippen molar-refractivity contribution < 1.29 is 4.79 Å². The van der Waals surface area contributed by atoms with E-state index in [9.17, 15) is 4.79 Å². The zero-order valence-corrected chi connectivity index (χ0v) is 15.0. The fraction of sp³-hybridized carbons (Fsp3) is 0.500. The highest BCUT2D eigenvalue weighted by Crippen LogP contribution is 2.29. The van der Waals surface area contributed by atoms with Crippen LogP contribution in [0.1, 0.15) is 33.1 Å². The summed E-state index contributed by atoms with van der Waals surface area (Å²) in [5.41, 5.74) is 0.992. The number of nitrogens with zero attached hydrogens (tertiary/aromatic N) is 2. The molecule has 1 amide bonds. The lowest BCUT2D eigenvalue weighted by molar-refractivity contribution is -0.120. The van der Waals surface area contributed by atoms with Crippen LogP contribution < -0.4 is 5.32 Å². The van der Waals surface area contributed by atoms with E-state index in [-0.39, 0.29) is 5.91 Å². The molecule has 1 fully saturated rings. The van der Waals surface area contributed by atoms with Crippen molar-refractivity contribution in [3.8, 4) is 11.4 Å². The number of rotatable bonds is 5. The lowest BCUT2D eigenvalue weighted by Gasteiger charge is -2.34. The lowest BCUT2D eigenvalue weighted by atomic mass is 9.78. The molecule has 1 aliphatic carbocycles. The van der Waals surface area contributed by atoms with E-state index >= 15 is 0 Å². The molecule has 5 nitrogen and oxygen atoms in total. The molecule has 1 saturated carbocycles. The Balaban J connectivity index is 1.51. The van der Waals surface area contributed by atoms with Crippen LogP contribution in [0.2, 0.25) is 0 Å². The molecule has 6 heteroatoms. The SMILES string of the molecule is CC1CCCC(NC(=O)CSc2n[nH]c(-c3ccccc3)n2)C1C. The van der Waals surface area contributed by atoms with Crippen molar-refractivity contribution in [2.75, 3.05) is 5.75 Å². The highest BCUT2D eigenvalue weighted by atomic mass is 32.2. The molecule has 3 atom stereocenters. The summed E-state index contributed by atoms with van der Waals surface area (Å²) in [6.45, 7) is 4.51. The fourth-order valence-corrected chi connectivity index (χ4v) is 3.81. The first-order valence-electron chi connectivity index (χ1n) is 8.53.